The van der Waals surface area contributed by atoms with Gasteiger partial charge in [-0.05, 0) is 6.42 Å². The summed E-state index contributed by atoms with van der Waals surface area (Å²) in [4.78, 5) is 85.6. The molecule has 0 aliphatic rings. The lowest BCUT2D eigenvalue weighted by atomic mass is 10.2. The van der Waals surface area contributed by atoms with Gasteiger partial charge >= 0.3 is 17.9 Å². The lowest BCUT2D eigenvalue weighted by Gasteiger charge is -2.19. The van der Waals surface area contributed by atoms with Crippen LogP contribution in [0.1, 0.15) is 19.8 Å². The average Bonchev–Trinajstić information content (AvgIpc) is 2.69. The number of ketones is 1. The molecule has 0 radical (unpaired) electrons. The van der Waals surface area contributed by atoms with Gasteiger partial charge < -0.3 is 35.3 Å². The highest BCUT2D eigenvalue weighted by Crippen LogP contribution is 2.02. The first kappa shape index (κ1) is 27.9. The number of rotatable bonds is 16. The Morgan fingerprint density at radius 1 is 1.03 bits per heavy atom. The highest BCUT2D eigenvalue weighted by atomic mass is 17.0. The van der Waals surface area contributed by atoms with Crippen molar-refractivity contribution in [2.24, 2.45) is 5.73 Å². The van der Waals surface area contributed by atoms with Gasteiger partial charge in [0.15, 0.2) is 12.1 Å². The third-order valence-electron chi connectivity index (χ3n) is 3.31. The predicted molar refractivity (Wildman–Crippen MR) is 94.2 cm³/mol. The maximum absolute atomic E-state index is 12.2. The molecule has 0 aromatic carbocycles. The van der Waals surface area contributed by atoms with E-state index in [1.54, 1.807) is 0 Å². The molecular weight excluding hydrogens is 448 g/mol. The van der Waals surface area contributed by atoms with E-state index in [1.165, 1.54) is 0 Å². The van der Waals surface area contributed by atoms with E-state index in [0.29, 0.717) is 0 Å². The number of carboxylic acid groups (broad SMARTS) is 1. The van der Waals surface area contributed by atoms with Crippen LogP contribution < -0.4 is 11.1 Å². The van der Waals surface area contributed by atoms with Crippen LogP contribution in [0, 0.1) is 20.2 Å². The van der Waals surface area contributed by atoms with Crippen LogP contribution in [0.4, 0.5) is 0 Å². The van der Waals surface area contributed by atoms with Gasteiger partial charge in [-0.2, -0.15) is 0 Å². The lowest BCUT2D eigenvalue weighted by molar-refractivity contribution is -0.790. The SMILES string of the molecule is CC(=O)C(=O)N[C@@H](COC(=O)CC[C@H](N)C(=O)O)C(=O)OC[C@@H](CO[N+](=O)[O-])O[N+](=O)[O-]. The van der Waals surface area contributed by atoms with Crippen molar-refractivity contribution in [2.45, 2.75) is 38.0 Å². The zero-order chi connectivity index (χ0) is 24.8. The lowest BCUT2D eigenvalue weighted by Crippen LogP contribution is -2.48. The van der Waals surface area contributed by atoms with E-state index in [0.717, 1.165) is 6.92 Å². The normalized spacial score (nSPS) is 12.9. The summed E-state index contributed by atoms with van der Waals surface area (Å²) in [7, 11) is 0. The topological polar surface area (TPSA) is 267 Å². The smallest absolute Gasteiger partial charge is 0.332 e. The number of carboxylic acids is 1. The number of nitrogens with two attached hydrogens (primary N) is 1. The minimum absolute atomic E-state index is 0.292. The van der Waals surface area contributed by atoms with E-state index >= 15 is 0 Å². The summed E-state index contributed by atoms with van der Waals surface area (Å²) in [5, 5.41) is 28.5. The first-order valence-electron chi connectivity index (χ1n) is 8.54. The minimum Gasteiger partial charge on any atom is -0.480 e. The van der Waals surface area contributed by atoms with Crippen LogP contribution >= 0.6 is 0 Å². The highest BCUT2D eigenvalue weighted by Gasteiger charge is 2.28. The molecule has 32 heavy (non-hydrogen) atoms. The minimum atomic E-state index is -1.75. The quantitative estimate of drug-likeness (QED) is 0.0888. The molecule has 0 saturated heterocycles. The molecule has 0 aromatic rings. The Morgan fingerprint density at radius 2 is 1.66 bits per heavy atom. The summed E-state index contributed by atoms with van der Waals surface area (Å²) in [6.45, 7) is -1.91. The van der Waals surface area contributed by atoms with E-state index in [1.807, 2.05) is 5.32 Å². The van der Waals surface area contributed by atoms with Crippen molar-refractivity contribution in [1.29, 1.82) is 0 Å². The molecule has 1 amide bonds. The maximum atomic E-state index is 12.2. The molecule has 0 saturated carbocycles. The highest BCUT2D eigenvalue weighted by molar-refractivity contribution is 6.35. The van der Waals surface area contributed by atoms with Gasteiger partial charge in [-0.25, -0.2) is 4.79 Å². The fourth-order valence-electron chi connectivity index (χ4n) is 1.72. The van der Waals surface area contributed by atoms with Crippen LogP contribution in [0.5, 0.6) is 0 Å². The number of amides is 1. The van der Waals surface area contributed by atoms with Gasteiger partial charge in [0.1, 0.15) is 25.9 Å². The number of Topliss-reactive ketones (excluding diaryl/α,β-unsaturated/α-hetero) is 1. The molecule has 3 atom stereocenters. The van der Waals surface area contributed by atoms with Gasteiger partial charge in [-0.15, -0.1) is 20.2 Å². The molecule has 0 heterocycles. The van der Waals surface area contributed by atoms with Gasteiger partial charge in [-0.3, -0.25) is 19.2 Å². The van der Waals surface area contributed by atoms with E-state index in [4.69, 9.17) is 15.6 Å². The van der Waals surface area contributed by atoms with Crippen LogP contribution in [0.15, 0.2) is 0 Å². The van der Waals surface area contributed by atoms with E-state index in [2.05, 4.69) is 14.4 Å². The Bertz CT molecular complexity index is 741. The third-order valence-corrected chi connectivity index (χ3v) is 3.31. The number of carbonyl (C=O) groups excluding carboxylic acids is 4. The number of ether oxygens (including phenoxy) is 2. The molecule has 0 aliphatic heterocycles. The number of nitrogens with one attached hydrogen (secondary N) is 1. The van der Waals surface area contributed by atoms with Crippen molar-refractivity contribution in [1.82, 2.24) is 5.32 Å². The average molecular weight is 468 g/mol. The van der Waals surface area contributed by atoms with Crippen molar-refractivity contribution >= 4 is 29.6 Å². The van der Waals surface area contributed by atoms with Gasteiger partial charge in [0, 0.05) is 13.3 Å². The monoisotopic (exact) mass is 468 g/mol. The van der Waals surface area contributed by atoms with Crippen molar-refractivity contribution in [3.63, 3.8) is 0 Å². The Hall–Kier alpha value is -4.09. The van der Waals surface area contributed by atoms with E-state index < -0.39 is 84.2 Å². The Balaban J connectivity index is 4.99. The van der Waals surface area contributed by atoms with Crippen molar-refractivity contribution in [2.75, 3.05) is 19.8 Å². The second-order valence-electron chi connectivity index (χ2n) is 5.85. The van der Waals surface area contributed by atoms with Crippen LogP contribution in [0.2, 0.25) is 0 Å². The van der Waals surface area contributed by atoms with Crippen LogP contribution in [0.25, 0.3) is 0 Å². The molecule has 0 aromatic heterocycles. The van der Waals surface area contributed by atoms with Crippen molar-refractivity contribution in [3.05, 3.63) is 20.2 Å². The summed E-state index contributed by atoms with van der Waals surface area (Å²) in [6, 6.07) is -3.10. The number of carbonyl (C=O) groups is 5. The molecule has 0 bridgehead atoms. The summed E-state index contributed by atoms with van der Waals surface area (Å²) in [5.41, 5.74) is 5.23. The molecule has 18 nitrogen and oxygen atoms in total. The fraction of sp³-hybridized carbons (Fsp3) is 0.643. The third kappa shape index (κ3) is 12.5. The Labute approximate surface area is 178 Å². The standard InChI is InChI=1S/C14H20N4O14/c1-7(19)12(21)16-10(6-29-11(20)3-2-9(15)13(22)23)14(24)30-4-8(32-18(27)28)5-31-17(25)26/h8-10H,2-6,15H2,1H3,(H,16,21)(H,22,23)/t8-,9-,10-/m0/s1. The molecule has 18 heteroatoms. The zero-order valence-electron chi connectivity index (χ0n) is 16.5. The van der Waals surface area contributed by atoms with Crippen molar-refractivity contribution < 1.29 is 58.4 Å². The van der Waals surface area contributed by atoms with Gasteiger partial charge in [-0.1, -0.05) is 0 Å². The number of aliphatic carboxylic acids is 1. The van der Waals surface area contributed by atoms with Crippen molar-refractivity contribution in [3.8, 4) is 0 Å². The molecule has 4 N–H and O–H groups in total. The molecule has 0 aliphatic carbocycles. The van der Waals surface area contributed by atoms with Crippen LogP contribution in [-0.4, -0.2) is 82.9 Å². The number of esters is 2. The molecular formula is C14H20N4O14. The van der Waals surface area contributed by atoms with E-state index in [-0.39, 0.29) is 6.42 Å². The predicted octanol–water partition coefficient (Wildman–Crippen LogP) is -2.88. The first-order chi connectivity index (χ1) is 14.8. The second-order valence-corrected chi connectivity index (χ2v) is 5.85. The Morgan fingerprint density at radius 3 is 2.16 bits per heavy atom. The summed E-state index contributed by atoms with van der Waals surface area (Å²) in [5.74, 6) is -5.97. The first-order valence-corrected chi connectivity index (χ1v) is 8.54. The summed E-state index contributed by atoms with van der Waals surface area (Å²) < 4.78 is 9.37. The fourth-order valence-corrected chi connectivity index (χ4v) is 1.72. The molecule has 0 spiro atoms. The van der Waals surface area contributed by atoms with Gasteiger partial charge in [0.2, 0.25) is 5.78 Å². The molecule has 0 unspecified atom stereocenters. The van der Waals surface area contributed by atoms with Gasteiger partial charge in [0.25, 0.3) is 16.1 Å². The van der Waals surface area contributed by atoms with E-state index in [9.17, 15) is 44.2 Å². The zero-order valence-corrected chi connectivity index (χ0v) is 16.5. The largest absolute Gasteiger partial charge is 0.480 e. The summed E-state index contributed by atoms with van der Waals surface area (Å²) in [6.07, 6.45) is -2.46. The molecule has 0 fully saturated rings. The van der Waals surface area contributed by atoms with Crippen LogP contribution in [0.3, 0.4) is 0 Å². The Kier molecular flexibility index (Phi) is 12.2. The maximum Gasteiger partial charge on any atom is 0.332 e. The van der Waals surface area contributed by atoms with Gasteiger partial charge in [0.05, 0.1) is 0 Å². The number of hydrogen-bond donors (Lipinski definition) is 3. The summed E-state index contributed by atoms with van der Waals surface area (Å²) >= 11 is 0. The number of hydrogen-bond acceptors (Lipinski definition) is 14. The number of nitrogens with zero attached hydrogens (tertiary/aromatic N) is 2. The van der Waals surface area contributed by atoms with Crippen LogP contribution in [-0.2, 0) is 43.1 Å². The second kappa shape index (κ2) is 14.0. The molecule has 0 rings (SSSR count). The molecule has 180 valence electrons.